The molecule has 0 aliphatic heterocycles. The van der Waals surface area contributed by atoms with Crippen molar-refractivity contribution in [2.45, 2.75) is 99.0 Å². The van der Waals surface area contributed by atoms with Gasteiger partial charge in [-0.1, -0.05) is 92.0 Å². The number of fused-ring (bicyclic) bond motifs is 1. The molecule has 0 spiro atoms. The quantitative estimate of drug-likeness (QED) is 0.180. The van der Waals surface area contributed by atoms with Crippen LogP contribution in [0.2, 0.25) is 0 Å². The number of benzene rings is 3. The molecule has 0 amide bonds. The van der Waals surface area contributed by atoms with Gasteiger partial charge in [0, 0.05) is 28.4 Å². The number of nitrogens with two attached hydrogens (primary N) is 1. The second kappa shape index (κ2) is 18.9. The number of halogens is 2. The van der Waals surface area contributed by atoms with Crippen molar-refractivity contribution in [2.75, 3.05) is 0 Å². The van der Waals surface area contributed by atoms with Gasteiger partial charge in [0.2, 0.25) is 0 Å². The maximum absolute atomic E-state index is 13.3. The molecule has 0 radical (unpaired) electrons. The van der Waals surface area contributed by atoms with Crippen LogP contribution in [0.4, 0.5) is 8.78 Å². The number of Topliss-reactive ketones (excluding diaryl/α,β-unsaturated/α-hetero) is 1. The first-order chi connectivity index (χ1) is 20.5. The molecule has 0 bridgehead atoms. The lowest BCUT2D eigenvalue weighted by molar-refractivity contribution is -0.118. The molecule has 0 aliphatic carbocycles. The van der Waals surface area contributed by atoms with E-state index in [1.54, 1.807) is 18.2 Å². The first kappa shape index (κ1) is 37.5. The number of hydrogen-bond acceptors (Lipinski definition) is 3. The van der Waals surface area contributed by atoms with Crippen molar-refractivity contribution in [1.82, 2.24) is 4.98 Å². The topological polar surface area (TPSA) is 79.1 Å². The van der Waals surface area contributed by atoms with E-state index < -0.39 is 6.04 Å². The summed E-state index contributed by atoms with van der Waals surface area (Å²) >= 11 is 0. The summed E-state index contributed by atoms with van der Waals surface area (Å²) in [5, 5.41) is 10.2. The summed E-state index contributed by atoms with van der Waals surface area (Å²) in [4.78, 5) is 14.2. The normalized spacial score (nSPS) is 12.1. The number of nitrogens with one attached hydrogen (secondary N) is 1. The lowest BCUT2D eigenvalue weighted by Crippen LogP contribution is -2.33. The van der Waals surface area contributed by atoms with Crippen LogP contribution in [-0.4, -0.2) is 21.9 Å². The number of ketones is 1. The number of aromatic amines is 1. The molecular formula is C37H52F2N2O2. The van der Waals surface area contributed by atoms with Gasteiger partial charge in [-0.05, 0) is 78.9 Å². The molecule has 3 aromatic carbocycles. The van der Waals surface area contributed by atoms with Gasteiger partial charge in [0.1, 0.15) is 23.2 Å². The number of rotatable bonds is 9. The van der Waals surface area contributed by atoms with Gasteiger partial charge in [0.15, 0.2) is 0 Å². The van der Waals surface area contributed by atoms with Crippen molar-refractivity contribution < 1.29 is 18.7 Å². The summed E-state index contributed by atoms with van der Waals surface area (Å²) in [7, 11) is 0. The van der Waals surface area contributed by atoms with Crippen LogP contribution >= 0.6 is 0 Å². The van der Waals surface area contributed by atoms with Crippen LogP contribution in [0.5, 0.6) is 5.75 Å². The first-order valence-electron chi connectivity index (χ1n) is 15.6. The van der Waals surface area contributed by atoms with E-state index in [9.17, 15) is 18.7 Å². The van der Waals surface area contributed by atoms with Crippen molar-refractivity contribution in [2.24, 2.45) is 11.7 Å². The van der Waals surface area contributed by atoms with Crippen LogP contribution in [0.3, 0.4) is 0 Å². The van der Waals surface area contributed by atoms with E-state index in [-0.39, 0.29) is 28.6 Å². The van der Waals surface area contributed by atoms with Gasteiger partial charge >= 0.3 is 0 Å². The Balaban J connectivity index is 0.000000387. The van der Waals surface area contributed by atoms with Crippen molar-refractivity contribution in [3.05, 3.63) is 101 Å². The Bertz CT molecular complexity index is 1300. The molecule has 1 heterocycles. The third kappa shape index (κ3) is 10.9. The van der Waals surface area contributed by atoms with Crippen LogP contribution in [-0.2, 0) is 16.6 Å². The number of aromatic nitrogens is 1. The number of hydrogen-bond donors (Lipinski definition) is 3. The Labute approximate surface area is 257 Å². The lowest BCUT2D eigenvalue weighted by Gasteiger charge is -2.39. The third-order valence-corrected chi connectivity index (χ3v) is 7.46. The highest BCUT2D eigenvalue weighted by Crippen LogP contribution is 2.43. The molecule has 0 aliphatic rings. The van der Waals surface area contributed by atoms with Gasteiger partial charge in [0.25, 0.3) is 0 Å². The summed E-state index contributed by atoms with van der Waals surface area (Å²) in [6, 6.07) is 20.0. The average molecular weight is 595 g/mol. The van der Waals surface area contributed by atoms with E-state index in [1.165, 1.54) is 37.6 Å². The zero-order chi connectivity index (χ0) is 32.6. The minimum absolute atomic E-state index is 0.0264. The summed E-state index contributed by atoms with van der Waals surface area (Å²) in [5.41, 5.74) is 9.45. The Hall–Kier alpha value is -3.51. The van der Waals surface area contributed by atoms with E-state index in [4.69, 9.17) is 5.73 Å². The maximum atomic E-state index is 13.3. The van der Waals surface area contributed by atoms with E-state index >= 15 is 0 Å². The number of carbonyl (C=O) groups excluding carboxylic acids is 1. The summed E-state index contributed by atoms with van der Waals surface area (Å²) in [6.45, 7) is 16.3. The average Bonchev–Trinajstić information content (AvgIpc) is 3.39. The molecule has 0 saturated carbocycles. The van der Waals surface area contributed by atoms with E-state index in [2.05, 4.69) is 39.6 Å². The van der Waals surface area contributed by atoms with Crippen molar-refractivity contribution in [3.8, 4) is 5.75 Å². The smallest absolute Gasteiger partial charge is 0.146 e. The highest BCUT2D eigenvalue weighted by molar-refractivity contribution is 5.83. The van der Waals surface area contributed by atoms with E-state index in [0.29, 0.717) is 12.3 Å². The van der Waals surface area contributed by atoms with Gasteiger partial charge in [-0.2, -0.15) is 0 Å². The second-order valence-corrected chi connectivity index (χ2v) is 10.8. The van der Waals surface area contributed by atoms with Crippen molar-refractivity contribution >= 4 is 16.7 Å². The number of H-pyrrole nitrogens is 1. The monoisotopic (exact) mass is 594 g/mol. The van der Waals surface area contributed by atoms with E-state index in [1.807, 2.05) is 44.2 Å². The highest BCUT2D eigenvalue weighted by Gasteiger charge is 2.36. The minimum Gasteiger partial charge on any atom is -0.508 e. The Kier molecular flexibility index (Phi) is 16.5. The largest absolute Gasteiger partial charge is 0.508 e. The molecule has 0 saturated heterocycles. The number of phenols is 1. The van der Waals surface area contributed by atoms with Crippen LogP contribution in [0.25, 0.3) is 10.9 Å². The summed E-state index contributed by atoms with van der Waals surface area (Å²) < 4.78 is 26.6. The molecule has 4 rings (SSSR count). The van der Waals surface area contributed by atoms with Gasteiger partial charge < -0.3 is 15.8 Å². The fraction of sp³-hybridized carbons (Fsp3) is 0.432. The fourth-order valence-corrected chi connectivity index (χ4v) is 5.15. The molecule has 1 aromatic heterocycles. The second-order valence-electron chi connectivity index (χ2n) is 10.8. The maximum Gasteiger partial charge on any atom is 0.146 e. The van der Waals surface area contributed by atoms with Gasteiger partial charge in [-0.15, -0.1) is 0 Å². The number of aromatic hydroxyl groups is 1. The predicted octanol–water partition coefficient (Wildman–Crippen LogP) is 9.87. The Morgan fingerprint density at radius 1 is 0.884 bits per heavy atom. The zero-order valence-electron chi connectivity index (χ0n) is 27.3. The standard InChI is InChI=1S/C20H24F2.C12H14N2O2.C3H8.C2H6/c1-4-6-15(5-2)20(3,16-7-11-18(21)12-8-16)17-9-13-19(22)14-10-17;1-7(15)11(13)6-9-4-8-5-10(16)2-3-12(8)14-9;1-3-2;1-2/h7-15H,4-6H2,1-3H3;2-5,11,14,16H,6,13H2,1H3;3H2,1-2H3;1-2H3. The molecule has 4 N–H and O–H groups in total. The number of phenolic OH excluding ortho intramolecular Hbond substituents is 1. The Morgan fingerprint density at radius 3 is 1.79 bits per heavy atom. The predicted molar refractivity (Wildman–Crippen MR) is 178 cm³/mol. The highest BCUT2D eigenvalue weighted by atomic mass is 19.1. The molecule has 6 heteroatoms. The molecule has 43 heavy (non-hydrogen) atoms. The lowest BCUT2D eigenvalue weighted by atomic mass is 9.65. The Morgan fingerprint density at radius 2 is 1.37 bits per heavy atom. The van der Waals surface area contributed by atoms with Gasteiger partial charge in [-0.25, -0.2) is 8.78 Å². The van der Waals surface area contributed by atoms with Crippen LogP contribution in [0.15, 0.2) is 72.8 Å². The van der Waals surface area contributed by atoms with Gasteiger partial charge in [0.05, 0.1) is 6.04 Å². The first-order valence-corrected chi connectivity index (χ1v) is 15.6. The van der Waals surface area contributed by atoms with Crippen molar-refractivity contribution in [3.63, 3.8) is 0 Å². The summed E-state index contributed by atoms with van der Waals surface area (Å²) in [5.74, 6) is 0.173. The van der Waals surface area contributed by atoms with E-state index in [0.717, 1.165) is 47.0 Å². The third-order valence-electron chi connectivity index (χ3n) is 7.46. The fourth-order valence-electron chi connectivity index (χ4n) is 5.15. The SMILES string of the molecule is CC.CC(=O)C(N)Cc1cc2cc(O)ccc2[nH]1.CCC.CCCC(CC)C(C)(c1ccc(F)cc1)c1ccc(F)cc1. The summed E-state index contributed by atoms with van der Waals surface area (Å²) in [6.07, 6.45) is 4.95. The molecule has 4 aromatic rings. The van der Waals surface area contributed by atoms with Gasteiger partial charge in [-0.3, -0.25) is 4.79 Å². The van der Waals surface area contributed by atoms with Crippen LogP contribution < -0.4 is 5.73 Å². The molecule has 2 unspecified atom stereocenters. The van der Waals surface area contributed by atoms with Crippen LogP contribution in [0, 0.1) is 17.6 Å². The van der Waals surface area contributed by atoms with Crippen LogP contribution in [0.1, 0.15) is 97.9 Å². The molecule has 2 atom stereocenters. The molecular weight excluding hydrogens is 542 g/mol. The molecule has 4 nitrogen and oxygen atoms in total. The minimum atomic E-state index is -0.471. The zero-order valence-corrected chi connectivity index (χ0v) is 27.3. The number of carbonyl (C=O) groups is 1. The molecule has 236 valence electrons. The van der Waals surface area contributed by atoms with Crippen molar-refractivity contribution in [1.29, 1.82) is 0 Å². The molecule has 0 fully saturated rings.